The molecular weight excluding hydrogens is 176 g/mol. The summed E-state index contributed by atoms with van der Waals surface area (Å²) < 4.78 is 5.05. The van der Waals surface area contributed by atoms with Crippen molar-refractivity contribution in [2.75, 3.05) is 7.11 Å². The monoisotopic (exact) mass is 194 g/mol. The summed E-state index contributed by atoms with van der Waals surface area (Å²) in [6, 6.07) is 6.34. The molecule has 3 nitrogen and oxygen atoms in total. The van der Waals surface area contributed by atoms with Crippen LogP contribution in [0.3, 0.4) is 0 Å². The van der Waals surface area contributed by atoms with Crippen molar-refractivity contribution in [2.24, 2.45) is 0 Å². The molecule has 14 heavy (non-hydrogen) atoms. The molecule has 0 aliphatic heterocycles. The third-order valence-corrected chi connectivity index (χ3v) is 2.23. The van der Waals surface area contributed by atoms with E-state index in [0.29, 0.717) is 11.9 Å². The van der Waals surface area contributed by atoms with Gasteiger partial charge in [-0.05, 0) is 19.4 Å². The molecular formula is C11H18N2O. The number of ether oxygens (including phenoxy) is 1. The molecule has 0 fully saturated rings. The predicted molar refractivity (Wildman–Crippen MR) is 57.4 cm³/mol. The Morgan fingerprint density at radius 2 is 2.29 bits per heavy atom. The zero-order chi connectivity index (χ0) is 10.4. The van der Waals surface area contributed by atoms with E-state index in [2.05, 4.69) is 24.1 Å². The van der Waals surface area contributed by atoms with Gasteiger partial charge in [0.25, 0.3) is 0 Å². The highest BCUT2D eigenvalue weighted by Crippen LogP contribution is 2.06. The molecule has 0 saturated heterocycles. The fourth-order valence-electron chi connectivity index (χ4n) is 1.09. The molecule has 1 aromatic rings. The van der Waals surface area contributed by atoms with Crippen molar-refractivity contribution < 1.29 is 4.74 Å². The SMILES string of the molecule is CCC(C)NCc1cccc(OC)n1. The van der Waals surface area contributed by atoms with Gasteiger partial charge in [0.1, 0.15) is 0 Å². The molecule has 1 rings (SSSR count). The van der Waals surface area contributed by atoms with E-state index in [0.717, 1.165) is 18.7 Å². The zero-order valence-corrected chi connectivity index (χ0v) is 9.08. The first-order valence-corrected chi connectivity index (χ1v) is 4.99. The van der Waals surface area contributed by atoms with Crippen molar-refractivity contribution in [1.82, 2.24) is 10.3 Å². The fraction of sp³-hybridized carbons (Fsp3) is 0.545. The zero-order valence-electron chi connectivity index (χ0n) is 9.08. The molecule has 1 aromatic heterocycles. The molecule has 0 aliphatic carbocycles. The molecule has 0 aliphatic rings. The second kappa shape index (κ2) is 5.60. The Hall–Kier alpha value is -1.09. The van der Waals surface area contributed by atoms with Crippen LogP contribution in [-0.4, -0.2) is 18.1 Å². The van der Waals surface area contributed by atoms with Gasteiger partial charge in [-0.3, -0.25) is 0 Å². The van der Waals surface area contributed by atoms with Crippen LogP contribution in [0.25, 0.3) is 0 Å². The van der Waals surface area contributed by atoms with Gasteiger partial charge in [-0.1, -0.05) is 13.0 Å². The van der Waals surface area contributed by atoms with Crippen LogP contribution >= 0.6 is 0 Å². The lowest BCUT2D eigenvalue weighted by Crippen LogP contribution is -2.24. The Balaban J connectivity index is 2.50. The van der Waals surface area contributed by atoms with E-state index < -0.39 is 0 Å². The van der Waals surface area contributed by atoms with Gasteiger partial charge in [0, 0.05) is 18.7 Å². The van der Waals surface area contributed by atoms with E-state index >= 15 is 0 Å². The highest BCUT2D eigenvalue weighted by molar-refractivity contribution is 5.15. The molecule has 0 spiro atoms. The Morgan fingerprint density at radius 1 is 1.50 bits per heavy atom. The Labute approximate surface area is 85.5 Å². The number of hydrogen-bond donors (Lipinski definition) is 1. The molecule has 0 radical (unpaired) electrons. The lowest BCUT2D eigenvalue weighted by molar-refractivity contribution is 0.395. The lowest BCUT2D eigenvalue weighted by atomic mass is 10.2. The van der Waals surface area contributed by atoms with Gasteiger partial charge in [0.05, 0.1) is 12.8 Å². The van der Waals surface area contributed by atoms with Crippen LogP contribution in [0.1, 0.15) is 26.0 Å². The lowest BCUT2D eigenvalue weighted by Gasteiger charge is -2.10. The van der Waals surface area contributed by atoms with E-state index in [1.54, 1.807) is 7.11 Å². The standard InChI is InChI=1S/C11H18N2O/c1-4-9(2)12-8-10-6-5-7-11(13-10)14-3/h5-7,9,12H,4,8H2,1-3H3. The summed E-state index contributed by atoms with van der Waals surface area (Å²) in [5, 5.41) is 3.38. The summed E-state index contributed by atoms with van der Waals surface area (Å²) in [7, 11) is 1.63. The summed E-state index contributed by atoms with van der Waals surface area (Å²) in [6.07, 6.45) is 1.13. The van der Waals surface area contributed by atoms with Crippen LogP contribution in [0.5, 0.6) is 5.88 Å². The van der Waals surface area contributed by atoms with Gasteiger partial charge in [0.2, 0.25) is 5.88 Å². The number of aromatic nitrogens is 1. The first-order valence-electron chi connectivity index (χ1n) is 4.99. The third-order valence-electron chi connectivity index (χ3n) is 2.23. The minimum atomic E-state index is 0.531. The summed E-state index contributed by atoms with van der Waals surface area (Å²) in [4.78, 5) is 4.31. The normalized spacial score (nSPS) is 12.5. The van der Waals surface area contributed by atoms with Crippen LogP contribution < -0.4 is 10.1 Å². The van der Waals surface area contributed by atoms with Crippen molar-refractivity contribution in [2.45, 2.75) is 32.9 Å². The predicted octanol–water partition coefficient (Wildman–Crippen LogP) is 1.98. The van der Waals surface area contributed by atoms with Gasteiger partial charge in [-0.2, -0.15) is 0 Å². The van der Waals surface area contributed by atoms with Crippen LogP contribution in [0.15, 0.2) is 18.2 Å². The maximum atomic E-state index is 5.05. The van der Waals surface area contributed by atoms with E-state index in [-0.39, 0.29) is 0 Å². The average Bonchev–Trinajstić information content (AvgIpc) is 2.26. The molecule has 78 valence electrons. The third kappa shape index (κ3) is 3.34. The molecule has 3 heteroatoms. The van der Waals surface area contributed by atoms with Crippen molar-refractivity contribution in [3.8, 4) is 5.88 Å². The Bertz CT molecular complexity index is 276. The van der Waals surface area contributed by atoms with Crippen LogP contribution in [-0.2, 0) is 6.54 Å². The molecule has 1 N–H and O–H groups in total. The van der Waals surface area contributed by atoms with Crippen molar-refractivity contribution in [3.63, 3.8) is 0 Å². The second-order valence-corrected chi connectivity index (χ2v) is 3.36. The topological polar surface area (TPSA) is 34.1 Å². The maximum Gasteiger partial charge on any atom is 0.213 e. The van der Waals surface area contributed by atoms with Crippen LogP contribution in [0, 0.1) is 0 Å². The van der Waals surface area contributed by atoms with Gasteiger partial charge in [0.15, 0.2) is 0 Å². The number of pyridine rings is 1. The highest BCUT2D eigenvalue weighted by atomic mass is 16.5. The van der Waals surface area contributed by atoms with Crippen molar-refractivity contribution in [3.05, 3.63) is 23.9 Å². The number of hydrogen-bond acceptors (Lipinski definition) is 3. The first-order chi connectivity index (χ1) is 6.76. The molecule has 1 atom stereocenters. The first kappa shape index (κ1) is 11.0. The summed E-state index contributed by atoms with van der Waals surface area (Å²) in [5.41, 5.74) is 1.02. The summed E-state index contributed by atoms with van der Waals surface area (Å²) in [6.45, 7) is 5.13. The van der Waals surface area contributed by atoms with Crippen molar-refractivity contribution >= 4 is 0 Å². The Kier molecular flexibility index (Phi) is 4.40. The van der Waals surface area contributed by atoms with E-state index in [1.165, 1.54) is 0 Å². The Morgan fingerprint density at radius 3 is 2.93 bits per heavy atom. The van der Waals surface area contributed by atoms with E-state index in [4.69, 9.17) is 4.74 Å². The number of nitrogens with one attached hydrogen (secondary N) is 1. The quantitative estimate of drug-likeness (QED) is 0.778. The van der Waals surface area contributed by atoms with Gasteiger partial charge in [-0.25, -0.2) is 4.98 Å². The largest absolute Gasteiger partial charge is 0.481 e. The maximum absolute atomic E-state index is 5.05. The number of rotatable bonds is 5. The number of methoxy groups -OCH3 is 1. The van der Waals surface area contributed by atoms with Gasteiger partial charge < -0.3 is 10.1 Å². The van der Waals surface area contributed by atoms with E-state index in [1.807, 2.05) is 18.2 Å². The van der Waals surface area contributed by atoms with Gasteiger partial charge >= 0.3 is 0 Å². The van der Waals surface area contributed by atoms with Gasteiger partial charge in [-0.15, -0.1) is 0 Å². The molecule has 0 amide bonds. The fourth-order valence-corrected chi connectivity index (χ4v) is 1.09. The summed E-state index contributed by atoms with van der Waals surface area (Å²) in [5.74, 6) is 0.674. The molecule has 1 heterocycles. The van der Waals surface area contributed by atoms with Crippen molar-refractivity contribution in [1.29, 1.82) is 0 Å². The van der Waals surface area contributed by atoms with Crippen LogP contribution in [0.2, 0.25) is 0 Å². The minimum absolute atomic E-state index is 0.531. The molecule has 0 saturated carbocycles. The second-order valence-electron chi connectivity index (χ2n) is 3.36. The highest BCUT2D eigenvalue weighted by Gasteiger charge is 2.00. The smallest absolute Gasteiger partial charge is 0.213 e. The molecule has 1 unspecified atom stereocenters. The number of nitrogens with zero attached hydrogens (tertiary/aromatic N) is 1. The minimum Gasteiger partial charge on any atom is -0.481 e. The van der Waals surface area contributed by atoms with E-state index in [9.17, 15) is 0 Å². The average molecular weight is 194 g/mol. The van der Waals surface area contributed by atoms with Crippen LogP contribution in [0.4, 0.5) is 0 Å². The summed E-state index contributed by atoms with van der Waals surface area (Å²) >= 11 is 0. The molecule has 0 bridgehead atoms. The molecule has 0 aromatic carbocycles.